The van der Waals surface area contributed by atoms with Crippen molar-refractivity contribution in [3.05, 3.63) is 39.2 Å². The maximum atomic E-state index is 12.2. The van der Waals surface area contributed by atoms with E-state index in [9.17, 15) is 8.42 Å². The summed E-state index contributed by atoms with van der Waals surface area (Å²) in [5.41, 5.74) is 5.94. The number of anilines is 2. The first-order chi connectivity index (χ1) is 9.31. The first kappa shape index (κ1) is 15.3. The summed E-state index contributed by atoms with van der Waals surface area (Å²) in [4.78, 5) is 7.34. The number of sulfonamides is 1. The zero-order valence-corrected chi connectivity index (χ0v) is 13.6. The Morgan fingerprint density at radius 1 is 1.25 bits per heavy atom. The maximum Gasteiger partial charge on any atom is 0.263 e. The third-order valence-corrected chi connectivity index (χ3v) is 5.06. The molecule has 1 heterocycles. The Kier molecular flexibility index (Phi) is 4.38. The predicted octanol–water partition coefficient (Wildman–Crippen LogP) is 2.93. The molecule has 0 atom stereocenters. The lowest BCUT2D eigenvalue weighted by atomic mass is 10.3. The highest BCUT2D eigenvalue weighted by atomic mass is 79.9. The summed E-state index contributed by atoms with van der Waals surface area (Å²) in [5, 5.41) is -0.127. The molecule has 1 aromatic heterocycles. The van der Waals surface area contributed by atoms with Crippen LogP contribution >= 0.6 is 39.1 Å². The van der Waals surface area contributed by atoms with Crippen LogP contribution in [-0.2, 0) is 10.0 Å². The lowest BCUT2D eigenvalue weighted by molar-refractivity contribution is 0.601. The highest BCUT2D eigenvalue weighted by Crippen LogP contribution is 2.28. The predicted molar refractivity (Wildman–Crippen MR) is 81.4 cm³/mol. The molecule has 0 saturated carbocycles. The molecule has 2 rings (SSSR count). The third kappa shape index (κ3) is 3.14. The van der Waals surface area contributed by atoms with Crippen molar-refractivity contribution in [3.63, 3.8) is 0 Å². The number of rotatable bonds is 3. The molecule has 0 aliphatic rings. The van der Waals surface area contributed by atoms with Crippen LogP contribution in [0.5, 0.6) is 0 Å². The second kappa shape index (κ2) is 5.72. The van der Waals surface area contributed by atoms with Crippen molar-refractivity contribution in [1.29, 1.82) is 0 Å². The van der Waals surface area contributed by atoms with Gasteiger partial charge in [0.15, 0.2) is 11.0 Å². The van der Waals surface area contributed by atoms with E-state index in [-0.39, 0.29) is 20.9 Å². The van der Waals surface area contributed by atoms with Crippen LogP contribution in [0.1, 0.15) is 0 Å². The highest BCUT2D eigenvalue weighted by molar-refractivity contribution is 9.10. The quantitative estimate of drug-likeness (QED) is 0.612. The molecular weight excluding hydrogens is 391 g/mol. The molecule has 6 nitrogen and oxygen atoms in total. The molecule has 0 fully saturated rings. The lowest BCUT2D eigenvalue weighted by Gasteiger charge is -2.09. The van der Waals surface area contributed by atoms with Gasteiger partial charge in [0.2, 0.25) is 0 Å². The Balaban J connectivity index is 2.41. The molecule has 0 aliphatic carbocycles. The van der Waals surface area contributed by atoms with Gasteiger partial charge in [0.25, 0.3) is 10.0 Å². The molecular formula is C10H7BrCl2N4O2S. The number of hydrogen-bond donors (Lipinski definition) is 2. The average Bonchev–Trinajstić information content (AvgIpc) is 2.38. The van der Waals surface area contributed by atoms with Crippen molar-refractivity contribution in [1.82, 2.24) is 9.97 Å². The van der Waals surface area contributed by atoms with Crippen molar-refractivity contribution >= 4 is 60.7 Å². The Morgan fingerprint density at radius 3 is 2.60 bits per heavy atom. The zero-order valence-electron chi connectivity index (χ0n) is 9.64. The molecule has 0 unspecified atom stereocenters. The van der Waals surface area contributed by atoms with Crippen molar-refractivity contribution in [2.75, 3.05) is 10.5 Å². The monoisotopic (exact) mass is 396 g/mol. The van der Waals surface area contributed by atoms with E-state index in [1.165, 1.54) is 18.2 Å². The van der Waals surface area contributed by atoms with Gasteiger partial charge >= 0.3 is 0 Å². The first-order valence-corrected chi connectivity index (χ1v) is 8.08. The number of nitrogens with one attached hydrogen (secondary N) is 1. The number of hydrogen-bond acceptors (Lipinski definition) is 5. The van der Waals surface area contributed by atoms with Crippen LogP contribution in [0.4, 0.5) is 11.5 Å². The van der Waals surface area contributed by atoms with Crippen molar-refractivity contribution < 1.29 is 8.42 Å². The van der Waals surface area contributed by atoms with Gasteiger partial charge in [-0.2, -0.15) is 0 Å². The van der Waals surface area contributed by atoms with Crippen LogP contribution in [0.25, 0.3) is 0 Å². The molecule has 0 radical (unpaired) electrons. The second-order valence-electron chi connectivity index (χ2n) is 3.62. The van der Waals surface area contributed by atoms with E-state index >= 15 is 0 Å². The Morgan fingerprint density at radius 2 is 1.95 bits per heavy atom. The van der Waals surface area contributed by atoms with Crippen molar-refractivity contribution in [2.24, 2.45) is 0 Å². The van der Waals surface area contributed by atoms with Gasteiger partial charge in [0.1, 0.15) is 11.3 Å². The lowest BCUT2D eigenvalue weighted by Crippen LogP contribution is -2.14. The summed E-state index contributed by atoms with van der Waals surface area (Å²) in [5.74, 6) is -0.104. The molecule has 3 N–H and O–H groups in total. The largest absolute Gasteiger partial charge is 0.398 e. The smallest absolute Gasteiger partial charge is 0.263 e. The second-order valence-corrected chi connectivity index (χ2v) is 6.89. The summed E-state index contributed by atoms with van der Waals surface area (Å²) in [6.07, 6.45) is 1.10. The van der Waals surface area contributed by atoms with E-state index in [1.54, 1.807) is 0 Å². The molecule has 0 aliphatic heterocycles. The average molecular weight is 398 g/mol. The third-order valence-electron chi connectivity index (χ3n) is 2.26. The minimum atomic E-state index is -3.88. The van der Waals surface area contributed by atoms with Crippen LogP contribution in [0.3, 0.4) is 0 Å². The zero-order chi connectivity index (χ0) is 14.9. The fourth-order valence-electron chi connectivity index (χ4n) is 1.29. The number of benzene rings is 1. The topological polar surface area (TPSA) is 98.0 Å². The van der Waals surface area contributed by atoms with Crippen LogP contribution in [0, 0.1) is 0 Å². The van der Waals surface area contributed by atoms with Gasteiger partial charge in [-0.05, 0) is 34.1 Å². The number of nitrogens with two attached hydrogens (primary N) is 1. The van der Waals surface area contributed by atoms with Crippen molar-refractivity contribution in [2.45, 2.75) is 4.90 Å². The van der Waals surface area contributed by atoms with Crippen LogP contribution < -0.4 is 10.5 Å². The first-order valence-electron chi connectivity index (χ1n) is 5.05. The van der Waals surface area contributed by atoms with E-state index in [1.807, 2.05) is 0 Å². The molecule has 0 spiro atoms. The number of halogens is 3. The number of nitrogen functional groups attached to an aromatic ring is 1. The summed E-state index contributed by atoms with van der Waals surface area (Å²) < 4.78 is 27.2. The fraction of sp³-hybridized carbons (Fsp3) is 0. The van der Waals surface area contributed by atoms with Gasteiger partial charge in [-0.15, -0.1) is 0 Å². The van der Waals surface area contributed by atoms with Gasteiger partial charge in [0, 0.05) is 10.2 Å². The summed E-state index contributed by atoms with van der Waals surface area (Å²) in [6.45, 7) is 0. The molecule has 2 aromatic rings. The normalized spacial score (nSPS) is 11.3. The van der Waals surface area contributed by atoms with Crippen LogP contribution in [0.2, 0.25) is 10.2 Å². The Bertz CT molecular complexity index is 770. The van der Waals surface area contributed by atoms with E-state index in [0.29, 0.717) is 10.2 Å². The highest BCUT2D eigenvalue weighted by Gasteiger charge is 2.18. The standard InChI is InChI=1S/C10H7BrCl2N4O2S/c11-6-2-1-5(3-7(6)14)20(18,19)17-10-8(12)9(13)15-4-16-10/h1-4H,14H2,(H,15,16,17). The Labute approximate surface area is 133 Å². The molecule has 0 saturated heterocycles. The molecule has 106 valence electrons. The van der Waals surface area contributed by atoms with E-state index in [2.05, 4.69) is 30.6 Å². The SMILES string of the molecule is Nc1cc(S(=O)(=O)Nc2ncnc(Cl)c2Cl)ccc1Br. The van der Waals surface area contributed by atoms with Gasteiger partial charge in [-0.3, -0.25) is 4.72 Å². The van der Waals surface area contributed by atoms with Gasteiger partial charge in [-0.25, -0.2) is 18.4 Å². The number of nitrogens with zero attached hydrogens (tertiary/aromatic N) is 2. The van der Waals surface area contributed by atoms with Crippen LogP contribution in [-0.4, -0.2) is 18.4 Å². The fourth-order valence-corrected chi connectivity index (χ4v) is 2.93. The summed E-state index contributed by atoms with van der Waals surface area (Å²) in [7, 11) is -3.88. The minimum Gasteiger partial charge on any atom is -0.398 e. The maximum absolute atomic E-state index is 12.2. The van der Waals surface area contributed by atoms with E-state index < -0.39 is 10.0 Å². The van der Waals surface area contributed by atoms with Gasteiger partial charge in [0.05, 0.1) is 4.90 Å². The summed E-state index contributed by atoms with van der Waals surface area (Å²) >= 11 is 14.7. The molecule has 0 amide bonds. The van der Waals surface area contributed by atoms with E-state index in [4.69, 9.17) is 28.9 Å². The van der Waals surface area contributed by atoms with Crippen molar-refractivity contribution in [3.8, 4) is 0 Å². The Hall–Kier alpha value is -1.09. The molecule has 0 bridgehead atoms. The number of aromatic nitrogens is 2. The molecule has 10 heteroatoms. The van der Waals surface area contributed by atoms with Gasteiger partial charge < -0.3 is 5.73 Å². The summed E-state index contributed by atoms with van der Waals surface area (Å²) in [6, 6.07) is 4.22. The van der Waals surface area contributed by atoms with E-state index in [0.717, 1.165) is 6.33 Å². The molecule has 1 aromatic carbocycles. The molecule has 20 heavy (non-hydrogen) atoms. The minimum absolute atomic E-state index is 0.0241. The van der Waals surface area contributed by atoms with Gasteiger partial charge in [-0.1, -0.05) is 23.2 Å². The van der Waals surface area contributed by atoms with Crippen LogP contribution in [0.15, 0.2) is 33.9 Å².